The van der Waals surface area contributed by atoms with E-state index < -0.39 is 34.4 Å². The summed E-state index contributed by atoms with van der Waals surface area (Å²) in [5, 5.41) is 18.8. The number of benzene rings is 1. The van der Waals surface area contributed by atoms with E-state index in [9.17, 15) is 24.6 Å². The molecule has 0 aliphatic carbocycles. The van der Waals surface area contributed by atoms with Gasteiger partial charge in [-0.2, -0.15) is 0 Å². The van der Waals surface area contributed by atoms with E-state index in [1.807, 2.05) is 4.98 Å². The van der Waals surface area contributed by atoms with Gasteiger partial charge in [0.2, 0.25) is 0 Å². The molecule has 5 N–H and O–H groups in total. The van der Waals surface area contributed by atoms with Gasteiger partial charge in [-0.15, -0.1) is 0 Å². The Bertz CT molecular complexity index is 795. The van der Waals surface area contributed by atoms with Gasteiger partial charge >= 0.3 is 11.9 Å². The van der Waals surface area contributed by atoms with Crippen LogP contribution in [0.5, 0.6) is 0 Å². The van der Waals surface area contributed by atoms with E-state index in [1.165, 1.54) is 24.3 Å². The first-order chi connectivity index (χ1) is 9.82. The Kier molecular flexibility index (Phi) is 3.68. The summed E-state index contributed by atoms with van der Waals surface area (Å²) in [6, 6.07) is 5.72. The van der Waals surface area contributed by atoms with Crippen molar-refractivity contribution in [3.8, 4) is 11.1 Å². The van der Waals surface area contributed by atoms with Crippen LogP contribution in [-0.2, 0) is 0 Å². The number of aromatic nitrogens is 1. The molecule has 0 radical (unpaired) electrons. The zero-order chi connectivity index (χ0) is 15.7. The third-order valence-corrected chi connectivity index (χ3v) is 3.06. The number of hydrogen-bond donors (Lipinski definition) is 4. The molecule has 1 heterocycles. The van der Waals surface area contributed by atoms with E-state index in [0.717, 1.165) is 0 Å². The Hall–Kier alpha value is -2.80. The van der Waals surface area contributed by atoms with Crippen molar-refractivity contribution in [2.75, 3.05) is 5.73 Å². The number of H-pyrrole nitrogens is 1. The summed E-state index contributed by atoms with van der Waals surface area (Å²) in [4.78, 5) is 36.4. The fraction of sp³-hybridized carbons (Fsp3) is 0. The van der Waals surface area contributed by atoms with E-state index in [2.05, 4.69) is 0 Å². The number of aromatic carboxylic acids is 2. The lowest BCUT2D eigenvalue weighted by atomic mass is 9.95. The molecule has 8 heteroatoms. The summed E-state index contributed by atoms with van der Waals surface area (Å²) in [5.41, 5.74) is 3.32. The highest BCUT2D eigenvalue weighted by molar-refractivity contribution is 6.30. The zero-order valence-electron chi connectivity index (χ0n) is 10.4. The zero-order valence-corrected chi connectivity index (χ0v) is 11.1. The van der Waals surface area contributed by atoms with E-state index in [4.69, 9.17) is 17.3 Å². The average Bonchev–Trinajstić information content (AvgIpc) is 2.37. The number of carboxylic acid groups (broad SMARTS) is 2. The first-order valence-electron chi connectivity index (χ1n) is 5.61. The van der Waals surface area contributed by atoms with Gasteiger partial charge in [0.25, 0.3) is 5.56 Å². The molecule has 0 aliphatic heterocycles. The molecule has 108 valence electrons. The predicted molar refractivity (Wildman–Crippen MR) is 75.8 cm³/mol. The normalized spacial score (nSPS) is 10.3. The molecule has 0 saturated heterocycles. The predicted octanol–water partition coefficient (Wildman–Crippen LogP) is 1.67. The van der Waals surface area contributed by atoms with Crippen molar-refractivity contribution < 1.29 is 19.8 Å². The molecule has 1 aromatic carbocycles. The highest BCUT2D eigenvalue weighted by Crippen LogP contribution is 2.29. The molecule has 0 aliphatic rings. The average molecular weight is 309 g/mol. The Morgan fingerprint density at radius 3 is 2.05 bits per heavy atom. The molecule has 21 heavy (non-hydrogen) atoms. The van der Waals surface area contributed by atoms with E-state index >= 15 is 0 Å². The van der Waals surface area contributed by atoms with Crippen LogP contribution >= 0.6 is 11.6 Å². The molecule has 0 spiro atoms. The van der Waals surface area contributed by atoms with Crippen molar-refractivity contribution in [3.05, 3.63) is 50.8 Å². The molecule has 0 amide bonds. The first-order valence-corrected chi connectivity index (χ1v) is 5.99. The lowest BCUT2D eigenvalue weighted by Gasteiger charge is -2.12. The fourth-order valence-electron chi connectivity index (χ4n) is 1.95. The summed E-state index contributed by atoms with van der Waals surface area (Å²) in [7, 11) is 0. The maximum absolute atomic E-state index is 11.8. The summed E-state index contributed by atoms with van der Waals surface area (Å²) < 4.78 is 0. The molecule has 2 aromatic rings. The van der Waals surface area contributed by atoms with Crippen molar-refractivity contribution >= 4 is 29.4 Å². The fourth-order valence-corrected chi connectivity index (χ4v) is 2.08. The molecular weight excluding hydrogens is 300 g/mol. The van der Waals surface area contributed by atoms with Crippen LogP contribution in [-0.4, -0.2) is 27.1 Å². The molecule has 0 atom stereocenters. The molecule has 0 bridgehead atoms. The smallest absolute Gasteiger partial charge is 0.342 e. The van der Waals surface area contributed by atoms with Gasteiger partial charge in [-0.3, -0.25) is 4.79 Å². The van der Waals surface area contributed by atoms with Crippen LogP contribution in [0.15, 0.2) is 29.1 Å². The molecule has 0 fully saturated rings. The topological polar surface area (TPSA) is 133 Å². The number of rotatable bonds is 3. The second-order valence-corrected chi connectivity index (χ2v) is 4.55. The van der Waals surface area contributed by atoms with Crippen molar-refractivity contribution in [2.24, 2.45) is 0 Å². The van der Waals surface area contributed by atoms with Gasteiger partial charge in [0, 0.05) is 10.6 Å². The number of pyridine rings is 1. The molecule has 0 unspecified atom stereocenters. The molecule has 0 saturated carbocycles. The van der Waals surface area contributed by atoms with Crippen LogP contribution in [0.1, 0.15) is 20.7 Å². The van der Waals surface area contributed by atoms with E-state index in [0.29, 0.717) is 5.02 Å². The summed E-state index contributed by atoms with van der Waals surface area (Å²) in [6.45, 7) is 0. The van der Waals surface area contributed by atoms with Crippen molar-refractivity contribution in [3.63, 3.8) is 0 Å². The number of nitrogens with two attached hydrogens (primary N) is 1. The second-order valence-electron chi connectivity index (χ2n) is 4.11. The lowest BCUT2D eigenvalue weighted by molar-refractivity contribution is 0.0695. The van der Waals surface area contributed by atoms with Crippen LogP contribution < -0.4 is 11.3 Å². The van der Waals surface area contributed by atoms with Gasteiger partial charge in [0.05, 0.1) is 0 Å². The minimum atomic E-state index is -1.55. The van der Waals surface area contributed by atoms with Gasteiger partial charge in [-0.1, -0.05) is 23.7 Å². The van der Waals surface area contributed by atoms with Crippen LogP contribution in [0.4, 0.5) is 5.82 Å². The summed E-state index contributed by atoms with van der Waals surface area (Å²) in [5.74, 6) is -3.41. The number of carbonyl (C=O) groups is 2. The van der Waals surface area contributed by atoms with Crippen LogP contribution in [0, 0.1) is 0 Å². The van der Waals surface area contributed by atoms with Gasteiger partial charge < -0.3 is 20.9 Å². The van der Waals surface area contributed by atoms with Crippen LogP contribution in [0.2, 0.25) is 5.02 Å². The standard InChI is InChI=1S/C13H9ClN2O5/c14-6-3-1-5(2-4-6)7-8(12(18)19)10(15)16-11(17)9(7)13(20)21/h1-4H,(H,18,19)(H,20,21)(H3,15,16,17). The van der Waals surface area contributed by atoms with Crippen LogP contribution in [0.3, 0.4) is 0 Å². The van der Waals surface area contributed by atoms with Crippen molar-refractivity contribution in [2.45, 2.75) is 0 Å². The quantitative estimate of drug-likeness (QED) is 0.681. The largest absolute Gasteiger partial charge is 0.478 e. The number of nitrogens with one attached hydrogen (secondary N) is 1. The monoisotopic (exact) mass is 308 g/mol. The third kappa shape index (κ3) is 2.59. The third-order valence-electron chi connectivity index (χ3n) is 2.81. The van der Waals surface area contributed by atoms with Crippen molar-refractivity contribution in [1.82, 2.24) is 4.98 Å². The highest BCUT2D eigenvalue weighted by atomic mass is 35.5. The maximum atomic E-state index is 11.8. The maximum Gasteiger partial charge on any atom is 0.342 e. The minimum Gasteiger partial charge on any atom is -0.478 e. The Morgan fingerprint density at radius 2 is 1.57 bits per heavy atom. The number of nitrogen functional groups attached to an aromatic ring is 1. The number of carboxylic acids is 2. The van der Waals surface area contributed by atoms with Gasteiger partial charge in [-0.25, -0.2) is 9.59 Å². The first kappa shape index (κ1) is 14.6. The second kappa shape index (κ2) is 5.29. The lowest BCUT2D eigenvalue weighted by Crippen LogP contribution is -2.24. The van der Waals surface area contributed by atoms with E-state index in [1.54, 1.807) is 0 Å². The van der Waals surface area contributed by atoms with Gasteiger partial charge in [0.1, 0.15) is 16.9 Å². The minimum absolute atomic E-state index is 0.215. The molecule has 2 rings (SSSR count). The Labute approximate surface area is 122 Å². The number of hydrogen-bond acceptors (Lipinski definition) is 4. The molecule has 7 nitrogen and oxygen atoms in total. The summed E-state index contributed by atoms with van der Waals surface area (Å²) in [6.07, 6.45) is 0. The van der Waals surface area contributed by atoms with Gasteiger partial charge in [0.15, 0.2) is 0 Å². The SMILES string of the molecule is Nc1[nH]c(=O)c(C(=O)O)c(-c2ccc(Cl)cc2)c1C(=O)O. The molecule has 1 aromatic heterocycles. The number of halogens is 1. The summed E-state index contributed by atoms with van der Waals surface area (Å²) >= 11 is 5.74. The number of anilines is 1. The van der Waals surface area contributed by atoms with Crippen molar-refractivity contribution in [1.29, 1.82) is 0 Å². The molecular formula is C13H9ClN2O5. The van der Waals surface area contributed by atoms with E-state index in [-0.39, 0.29) is 11.1 Å². The highest BCUT2D eigenvalue weighted by Gasteiger charge is 2.26. The number of aromatic amines is 1. The van der Waals surface area contributed by atoms with Crippen LogP contribution in [0.25, 0.3) is 11.1 Å². The Morgan fingerprint density at radius 1 is 1.05 bits per heavy atom. The Balaban J connectivity index is 2.95. The van der Waals surface area contributed by atoms with Gasteiger partial charge in [-0.05, 0) is 17.7 Å².